The monoisotopic (exact) mass is 271 g/mol. The van der Waals surface area contributed by atoms with Crippen molar-refractivity contribution in [3.05, 3.63) is 34.6 Å². The van der Waals surface area contributed by atoms with Crippen molar-refractivity contribution in [3.63, 3.8) is 0 Å². The Hall–Kier alpha value is -1.13. The summed E-state index contributed by atoms with van der Waals surface area (Å²) >= 11 is 5.88. The maximum atomic E-state index is 13.7. The molecule has 1 aromatic carbocycles. The first-order valence-corrected chi connectivity index (χ1v) is 6.35. The van der Waals surface area contributed by atoms with Gasteiger partial charge in [0.15, 0.2) is 0 Å². The quantitative estimate of drug-likeness (QED) is 0.897. The van der Waals surface area contributed by atoms with E-state index in [0.717, 1.165) is 12.8 Å². The van der Waals surface area contributed by atoms with Crippen LogP contribution >= 0.6 is 11.6 Å². The first-order chi connectivity index (χ1) is 8.63. The maximum Gasteiger partial charge on any atom is 0.258 e. The Labute approximate surface area is 110 Å². The second kappa shape index (κ2) is 5.67. The van der Waals surface area contributed by atoms with Gasteiger partial charge in [0.2, 0.25) is 0 Å². The van der Waals surface area contributed by atoms with Crippen LogP contribution in [0.2, 0.25) is 5.02 Å². The number of halogens is 2. The molecule has 0 aromatic heterocycles. The van der Waals surface area contributed by atoms with Gasteiger partial charge in [-0.2, -0.15) is 0 Å². The van der Waals surface area contributed by atoms with Crippen molar-refractivity contribution >= 4 is 17.5 Å². The van der Waals surface area contributed by atoms with Gasteiger partial charge in [0.1, 0.15) is 5.82 Å². The summed E-state index contributed by atoms with van der Waals surface area (Å²) in [4.78, 5) is 13.8. The summed E-state index contributed by atoms with van der Waals surface area (Å²) in [5.74, 6) is -0.914. The van der Waals surface area contributed by atoms with Gasteiger partial charge in [0, 0.05) is 19.7 Å². The molecule has 1 aliphatic heterocycles. The van der Waals surface area contributed by atoms with E-state index in [4.69, 9.17) is 16.7 Å². The molecule has 0 radical (unpaired) electrons. The highest BCUT2D eigenvalue weighted by atomic mass is 35.5. The molecule has 0 saturated carbocycles. The number of piperidine rings is 1. The van der Waals surface area contributed by atoms with Crippen LogP contribution in [-0.4, -0.2) is 35.6 Å². The van der Waals surface area contributed by atoms with Gasteiger partial charge < -0.3 is 10.0 Å². The molecular weight excluding hydrogens is 257 g/mol. The minimum absolute atomic E-state index is 0.0504. The van der Waals surface area contributed by atoms with Crippen molar-refractivity contribution < 1.29 is 14.3 Å². The van der Waals surface area contributed by atoms with Crippen LogP contribution < -0.4 is 0 Å². The van der Waals surface area contributed by atoms with Gasteiger partial charge in [-0.3, -0.25) is 4.79 Å². The Morgan fingerprint density at radius 1 is 1.56 bits per heavy atom. The van der Waals surface area contributed by atoms with Crippen molar-refractivity contribution in [1.29, 1.82) is 0 Å². The predicted octanol–water partition coefficient (Wildman–Crippen LogP) is 2.32. The Morgan fingerprint density at radius 2 is 2.33 bits per heavy atom. The minimum atomic E-state index is -0.598. The number of benzene rings is 1. The Bertz CT molecular complexity index is 432. The van der Waals surface area contributed by atoms with Crippen LogP contribution in [-0.2, 0) is 0 Å². The standard InChI is InChI=1S/C13H15ClFNO2/c14-10-4-1-5-11(15)12(10)13(18)16-6-2-3-9(7-16)8-17/h1,4-5,9,17H,2-3,6-8H2. The molecule has 0 aliphatic carbocycles. The van der Waals surface area contributed by atoms with Crippen molar-refractivity contribution in [1.82, 2.24) is 4.90 Å². The second-order valence-electron chi connectivity index (χ2n) is 4.54. The van der Waals surface area contributed by atoms with Crippen LogP contribution in [0.3, 0.4) is 0 Å². The lowest BCUT2D eigenvalue weighted by Gasteiger charge is -2.32. The lowest BCUT2D eigenvalue weighted by Crippen LogP contribution is -2.41. The highest BCUT2D eigenvalue weighted by Crippen LogP contribution is 2.24. The number of hydrogen-bond acceptors (Lipinski definition) is 2. The molecule has 1 fully saturated rings. The molecule has 2 rings (SSSR count). The Kier molecular flexibility index (Phi) is 4.19. The molecule has 18 heavy (non-hydrogen) atoms. The van der Waals surface area contributed by atoms with Crippen LogP contribution in [0.4, 0.5) is 4.39 Å². The molecule has 0 bridgehead atoms. The van der Waals surface area contributed by atoms with Gasteiger partial charge in [-0.15, -0.1) is 0 Å². The molecule has 1 atom stereocenters. The fourth-order valence-corrected chi connectivity index (χ4v) is 2.50. The fourth-order valence-electron chi connectivity index (χ4n) is 2.26. The maximum absolute atomic E-state index is 13.7. The summed E-state index contributed by atoms with van der Waals surface area (Å²) in [6.07, 6.45) is 1.72. The number of amides is 1. The highest BCUT2D eigenvalue weighted by Gasteiger charge is 2.27. The summed E-state index contributed by atoms with van der Waals surface area (Å²) in [6.45, 7) is 1.09. The zero-order valence-electron chi connectivity index (χ0n) is 9.90. The first-order valence-electron chi connectivity index (χ1n) is 5.97. The summed E-state index contributed by atoms with van der Waals surface area (Å²) in [7, 11) is 0. The van der Waals surface area contributed by atoms with Gasteiger partial charge >= 0.3 is 0 Å². The van der Waals surface area contributed by atoms with Crippen LogP contribution in [0.15, 0.2) is 18.2 Å². The van der Waals surface area contributed by atoms with Crippen LogP contribution in [0.25, 0.3) is 0 Å². The predicted molar refractivity (Wildman–Crippen MR) is 67.1 cm³/mol. The van der Waals surface area contributed by atoms with E-state index in [-0.39, 0.29) is 23.1 Å². The molecule has 3 nitrogen and oxygen atoms in total. The lowest BCUT2D eigenvalue weighted by molar-refractivity contribution is 0.0616. The average molecular weight is 272 g/mol. The zero-order valence-corrected chi connectivity index (χ0v) is 10.7. The largest absolute Gasteiger partial charge is 0.396 e. The third-order valence-corrected chi connectivity index (χ3v) is 3.56. The van der Waals surface area contributed by atoms with Gasteiger partial charge in [-0.25, -0.2) is 4.39 Å². The second-order valence-corrected chi connectivity index (χ2v) is 4.95. The molecule has 0 spiro atoms. The number of carbonyl (C=O) groups is 1. The molecule has 1 heterocycles. The van der Waals surface area contributed by atoms with Gasteiger partial charge in [0.25, 0.3) is 5.91 Å². The summed E-state index contributed by atoms with van der Waals surface area (Å²) in [5.41, 5.74) is -0.0715. The van der Waals surface area contributed by atoms with Crippen LogP contribution in [0, 0.1) is 11.7 Å². The van der Waals surface area contributed by atoms with E-state index in [1.54, 1.807) is 4.90 Å². The third-order valence-electron chi connectivity index (χ3n) is 3.24. The number of aliphatic hydroxyl groups excluding tert-OH is 1. The molecule has 1 saturated heterocycles. The summed E-state index contributed by atoms with van der Waals surface area (Å²) in [6, 6.07) is 4.21. The van der Waals surface area contributed by atoms with Crippen LogP contribution in [0.1, 0.15) is 23.2 Å². The van der Waals surface area contributed by atoms with Crippen molar-refractivity contribution in [2.75, 3.05) is 19.7 Å². The number of nitrogens with zero attached hydrogens (tertiary/aromatic N) is 1. The normalized spacial score (nSPS) is 19.9. The minimum Gasteiger partial charge on any atom is -0.396 e. The summed E-state index contributed by atoms with van der Waals surface area (Å²) < 4.78 is 13.7. The molecule has 1 aromatic rings. The number of hydrogen-bond donors (Lipinski definition) is 1. The smallest absolute Gasteiger partial charge is 0.258 e. The van der Waals surface area contributed by atoms with E-state index in [0.29, 0.717) is 13.1 Å². The SMILES string of the molecule is O=C(c1c(F)cccc1Cl)N1CCCC(CO)C1. The number of carbonyl (C=O) groups excluding carboxylic acids is 1. The van der Waals surface area contributed by atoms with E-state index in [2.05, 4.69) is 0 Å². The Balaban J connectivity index is 2.20. The van der Waals surface area contributed by atoms with E-state index < -0.39 is 11.7 Å². The van der Waals surface area contributed by atoms with Gasteiger partial charge in [0.05, 0.1) is 10.6 Å². The first kappa shape index (κ1) is 13.3. The number of aliphatic hydroxyl groups is 1. The van der Waals surface area contributed by atoms with Crippen molar-refractivity contribution in [3.8, 4) is 0 Å². The third kappa shape index (κ3) is 2.65. The van der Waals surface area contributed by atoms with Crippen LogP contribution in [0.5, 0.6) is 0 Å². The van der Waals surface area contributed by atoms with Gasteiger partial charge in [-0.1, -0.05) is 17.7 Å². The number of rotatable bonds is 2. The summed E-state index contributed by atoms with van der Waals surface area (Å²) in [5, 5.41) is 9.26. The highest BCUT2D eigenvalue weighted by molar-refractivity contribution is 6.33. The molecular formula is C13H15ClFNO2. The van der Waals surface area contributed by atoms with E-state index >= 15 is 0 Å². The molecule has 1 N–H and O–H groups in total. The average Bonchev–Trinajstić information content (AvgIpc) is 2.38. The molecule has 1 aliphatic rings. The van der Waals surface area contributed by atoms with E-state index in [1.807, 2.05) is 0 Å². The van der Waals surface area contributed by atoms with E-state index in [9.17, 15) is 9.18 Å². The Morgan fingerprint density at radius 3 is 3.00 bits per heavy atom. The lowest BCUT2D eigenvalue weighted by atomic mass is 9.98. The van der Waals surface area contributed by atoms with Gasteiger partial charge in [-0.05, 0) is 30.9 Å². The van der Waals surface area contributed by atoms with Crippen molar-refractivity contribution in [2.24, 2.45) is 5.92 Å². The fraction of sp³-hybridized carbons (Fsp3) is 0.462. The van der Waals surface area contributed by atoms with Crippen molar-refractivity contribution in [2.45, 2.75) is 12.8 Å². The zero-order chi connectivity index (χ0) is 13.1. The topological polar surface area (TPSA) is 40.5 Å². The molecule has 1 unspecified atom stereocenters. The molecule has 5 heteroatoms. The van der Waals surface area contributed by atoms with E-state index in [1.165, 1.54) is 18.2 Å². The molecule has 98 valence electrons. The number of likely N-dealkylation sites (tertiary alicyclic amines) is 1. The molecule has 1 amide bonds.